The van der Waals surface area contributed by atoms with E-state index < -0.39 is 0 Å². The first-order valence-electron chi connectivity index (χ1n) is 6.28. The molecule has 18 heavy (non-hydrogen) atoms. The monoisotopic (exact) mass is 243 g/mol. The van der Waals surface area contributed by atoms with Gasteiger partial charge in [-0.1, -0.05) is 6.07 Å². The first kappa shape index (κ1) is 11.1. The fourth-order valence-corrected chi connectivity index (χ4v) is 2.04. The summed E-state index contributed by atoms with van der Waals surface area (Å²) in [6, 6.07) is 4.62. The molecule has 5 heteroatoms. The number of aliphatic imine (C=N–C) groups is 1. The van der Waals surface area contributed by atoms with Gasteiger partial charge in [0.1, 0.15) is 0 Å². The van der Waals surface area contributed by atoms with E-state index >= 15 is 0 Å². The smallest absolute Gasteiger partial charge is 0.189 e. The number of nitrogens with one attached hydrogen (secondary N) is 1. The molecule has 1 aliphatic rings. The van der Waals surface area contributed by atoms with Gasteiger partial charge in [0.25, 0.3) is 0 Å². The van der Waals surface area contributed by atoms with Crippen LogP contribution in [0.3, 0.4) is 0 Å². The van der Waals surface area contributed by atoms with Gasteiger partial charge in [0, 0.05) is 12.2 Å². The van der Waals surface area contributed by atoms with Crippen LogP contribution in [0.15, 0.2) is 35.8 Å². The summed E-state index contributed by atoms with van der Waals surface area (Å²) >= 11 is 0. The minimum atomic E-state index is 0.532. The summed E-state index contributed by atoms with van der Waals surface area (Å²) in [6.45, 7) is 0.597. The second kappa shape index (κ2) is 4.68. The van der Waals surface area contributed by atoms with E-state index in [0.29, 0.717) is 18.5 Å². The van der Waals surface area contributed by atoms with Crippen LogP contribution in [0.1, 0.15) is 24.8 Å². The van der Waals surface area contributed by atoms with Crippen molar-refractivity contribution >= 4 is 11.5 Å². The molecule has 0 aliphatic heterocycles. The van der Waals surface area contributed by atoms with Crippen molar-refractivity contribution in [3.63, 3.8) is 0 Å². The van der Waals surface area contributed by atoms with E-state index in [2.05, 4.69) is 21.4 Å². The molecule has 0 radical (unpaired) electrons. The zero-order chi connectivity index (χ0) is 12.4. The quantitative estimate of drug-likeness (QED) is 0.630. The molecule has 2 aromatic rings. The van der Waals surface area contributed by atoms with Gasteiger partial charge in [0.2, 0.25) is 0 Å². The molecule has 2 aromatic heterocycles. The molecule has 2 heterocycles. The largest absolute Gasteiger partial charge is 0.370 e. The maximum atomic E-state index is 5.84. The van der Waals surface area contributed by atoms with Crippen molar-refractivity contribution in [1.29, 1.82) is 0 Å². The van der Waals surface area contributed by atoms with Gasteiger partial charge in [-0.15, -0.1) is 0 Å². The highest BCUT2D eigenvalue weighted by atomic mass is 15.1. The molecule has 94 valence electrons. The number of aromatic nitrogens is 2. The maximum Gasteiger partial charge on any atom is 0.189 e. The molecule has 0 amide bonds. The summed E-state index contributed by atoms with van der Waals surface area (Å²) in [5.41, 5.74) is 8.05. The first-order chi connectivity index (χ1) is 8.81. The number of pyridine rings is 1. The van der Waals surface area contributed by atoms with Crippen LogP contribution >= 0.6 is 0 Å². The lowest BCUT2D eigenvalue weighted by atomic mass is 9.93. The van der Waals surface area contributed by atoms with E-state index in [4.69, 9.17) is 5.73 Å². The van der Waals surface area contributed by atoms with Crippen LogP contribution in [0.2, 0.25) is 0 Å². The van der Waals surface area contributed by atoms with Crippen molar-refractivity contribution in [2.24, 2.45) is 10.7 Å². The van der Waals surface area contributed by atoms with Crippen molar-refractivity contribution in [3.8, 4) is 0 Å². The molecule has 0 aromatic carbocycles. The number of nitrogens with zero attached hydrogens (tertiary/aromatic N) is 3. The van der Waals surface area contributed by atoms with Crippen LogP contribution in [0, 0.1) is 0 Å². The van der Waals surface area contributed by atoms with Crippen LogP contribution in [0.5, 0.6) is 0 Å². The minimum Gasteiger partial charge on any atom is -0.370 e. The predicted molar refractivity (Wildman–Crippen MR) is 71.3 cm³/mol. The van der Waals surface area contributed by atoms with Crippen LogP contribution < -0.4 is 11.1 Å². The van der Waals surface area contributed by atoms with Crippen molar-refractivity contribution in [1.82, 2.24) is 14.7 Å². The second-order valence-electron chi connectivity index (χ2n) is 4.74. The SMILES string of the molecule is NC(=NCc1ccc2cncn2c1)NC1CCC1. The molecule has 5 nitrogen and oxygen atoms in total. The minimum absolute atomic E-state index is 0.532. The average molecular weight is 243 g/mol. The third-order valence-electron chi connectivity index (χ3n) is 3.36. The number of hydrogen-bond acceptors (Lipinski definition) is 2. The van der Waals surface area contributed by atoms with Crippen LogP contribution in [0.4, 0.5) is 0 Å². The van der Waals surface area contributed by atoms with E-state index in [1.165, 1.54) is 19.3 Å². The number of guanidine groups is 1. The number of nitrogens with two attached hydrogens (primary N) is 1. The molecule has 0 saturated heterocycles. The van der Waals surface area contributed by atoms with Gasteiger partial charge in [0.15, 0.2) is 5.96 Å². The Morgan fingerprint density at radius 1 is 1.50 bits per heavy atom. The van der Waals surface area contributed by atoms with Gasteiger partial charge in [0.05, 0.1) is 24.6 Å². The van der Waals surface area contributed by atoms with Crippen LogP contribution in [0.25, 0.3) is 5.52 Å². The third kappa shape index (κ3) is 2.30. The molecule has 1 saturated carbocycles. The van der Waals surface area contributed by atoms with Crippen molar-refractivity contribution < 1.29 is 0 Å². The summed E-state index contributed by atoms with van der Waals surface area (Å²) in [7, 11) is 0. The Balaban J connectivity index is 1.65. The zero-order valence-electron chi connectivity index (χ0n) is 10.2. The van der Waals surface area contributed by atoms with Crippen molar-refractivity contribution in [3.05, 3.63) is 36.4 Å². The lowest BCUT2D eigenvalue weighted by molar-refractivity contribution is 0.382. The molecule has 3 N–H and O–H groups in total. The average Bonchev–Trinajstić information content (AvgIpc) is 2.78. The van der Waals surface area contributed by atoms with Crippen molar-refractivity contribution in [2.45, 2.75) is 31.8 Å². The molecule has 0 bridgehead atoms. The Hall–Kier alpha value is -2.04. The molecule has 0 unspecified atom stereocenters. The van der Waals surface area contributed by atoms with Gasteiger partial charge in [-0.2, -0.15) is 0 Å². The van der Waals surface area contributed by atoms with Crippen LogP contribution in [-0.4, -0.2) is 21.4 Å². The van der Waals surface area contributed by atoms with Gasteiger partial charge in [-0.25, -0.2) is 9.98 Å². The highest BCUT2D eigenvalue weighted by molar-refractivity contribution is 5.78. The van der Waals surface area contributed by atoms with Crippen LogP contribution in [-0.2, 0) is 6.54 Å². The van der Waals surface area contributed by atoms with Gasteiger partial charge >= 0.3 is 0 Å². The highest BCUT2D eigenvalue weighted by Gasteiger charge is 2.16. The Morgan fingerprint density at radius 3 is 3.17 bits per heavy atom. The number of rotatable bonds is 3. The molecule has 3 rings (SSSR count). The lowest BCUT2D eigenvalue weighted by Gasteiger charge is -2.26. The molecular weight excluding hydrogens is 226 g/mol. The van der Waals surface area contributed by atoms with E-state index in [1.807, 2.05) is 22.9 Å². The number of hydrogen-bond donors (Lipinski definition) is 2. The van der Waals surface area contributed by atoms with Gasteiger partial charge in [-0.3, -0.25) is 0 Å². The summed E-state index contributed by atoms with van der Waals surface area (Å²) < 4.78 is 1.99. The van der Waals surface area contributed by atoms with Crippen molar-refractivity contribution in [2.75, 3.05) is 0 Å². The highest BCUT2D eigenvalue weighted by Crippen LogP contribution is 2.17. The Bertz CT molecular complexity index is 568. The maximum absolute atomic E-state index is 5.84. The molecule has 0 spiro atoms. The molecule has 1 aliphatic carbocycles. The van der Waals surface area contributed by atoms with E-state index in [1.54, 1.807) is 6.33 Å². The zero-order valence-corrected chi connectivity index (χ0v) is 10.2. The number of fused-ring (bicyclic) bond motifs is 1. The molecular formula is C13H17N5. The normalized spacial score (nSPS) is 16.8. The summed E-state index contributed by atoms with van der Waals surface area (Å²) in [5.74, 6) is 0.547. The summed E-state index contributed by atoms with van der Waals surface area (Å²) in [5, 5.41) is 3.23. The third-order valence-corrected chi connectivity index (χ3v) is 3.36. The molecule has 1 fully saturated rings. The van der Waals surface area contributed by atoms with Gasteiger partial charge in [-0.05, 0) is 30.9 Å². The standard InChI is InChI=1S/C13H17N5/c14-13(17-11-2-1-3-11)16-6-10-4-5-12-7-15-9-18(12)8-10/h4-5,7-9,11H,1-3,6H2,(H3,14,16,17). The van der Waals surface area contributed by atoms with E-state index in [9.17, 15) is 0 Å². The lowest BCUT2D eigenvalue weighted by Crippen LogP contribution is -2.43. The fraction of sp³-hybridized carbons (Fsp3) is 0.385. The summed E-state index contributed by atoms with van der Waals surface area (Å²) in [4.78, 5) is 8.44. The second-order valence-corrected chi connectivity index (χ2v) is 4.74. The number of imidazole rings is 1. The Kier molecular flexibility index (Phi) is 2.88. The topological polar surface area (TPSA) is 67.7 Å². The molecule has 0 atom stereocenters. The van der Waals surface area contributed by atoms with E-state index in [-0.39, 0.29) is 0 Å². The fourth-order valence-electron chi connectivity index (χ4n) is 2.04. The Labute approximate surface area is 106 Å². The Morgan fingerprint density at radius 2 is 2.39 bits per heavy atom. The first-order valence-corrected chi connectivity index (χ1v) is 6.28. The van der Waals surface area contributed by atoms with E-state index in [0.717, 1.165) is 11.1 Å². The van der Waals surface area contributed by atoms with Gasteiger partial charge < -0.3 is 15.5 Å². The summed E-state index contributed by atoms with van der Waals surface area (Å²) in [6.07, 6.45) is 9.36. The predicted octanol–water partition coefficient (Wildman–Crippen LogP) is 1.29.